The fourth-order valence-electron chi connectivity index (χ4n) is 2.75. The van der Waals surface area contributed by atoms with E-state index < -0.39 is 0 Å². The molecule has 0 saturated carbocycles. The van der Waals surface area contributed by atoms with E-state index in [2.05, 4.69) is 77.9 Å². The number of hydrogen-bond donors (Lipinski definition) is 2. The summed E-state index contributed by atoms with van der Waals surface area (Å²) >= 11 is 0. The number of rotatable bonds is 3. The van der Waals surface area contributed by atoms with Gasteiger partial charge in [0.15, 0.2) is 5.96 Å². The van der Waals surface area contributed by atoms with Crippen LogP contribution in [0.15, 0.2) is 48.5 Å². The Kier molecular flexibility index (Phi) is 5.26. The highest BCUT2D eigenvalue weighted by Crippen LogP contribution is 2.27. The second-order valence-electron chi connectivity index (χ2n) is 8.72. The largest absolute Gasteiger partial charge is 0.370 e. The molecule has 0 heterocycles. The number of nitrogens with zero attached hydrogens (tertiary/aromatic N) is 1. The normalized spacial score (nSPS) is 12.1. The summed E-state index contributed by atoms with van der Waals surface area (Å²) in [6.45, 7) is 13.8. The number of benzene rings is 2. The molecule has 0 aliphatic carbocycles. The maximum atomic E-state index is 8.01. The Labute approximate surface area is 152 Å². The molecule has 0 saturated heterocycles. The van der Waals surface area contributed by atoms with Crippen LogP contribution in [-0.2, 0) is 17.4 Å². The van der Waals surface area contributed by atoms with Crippen molar-refractivity contribution in [1.29, 1.82) is 5.41 Å². The van der Waals surface area contributed by atoms with Gasteiger partial charge >= 0.3 is 0 Å². The zero-order valence-corrected chi connectivity index (χ0v) is 16.4. The Morgan fingerprint density at radius 3 is 1.92 bits per heavy atom. The third-order valence-electron chi connectivity index (χ3n) is 4.48. The highest BCUT2D eigenvalue weighted by atomic mass is 15.2. The van der Waals surface area contributed by atoms with Crippen LogP contribution >= 0.6 is 0 Å². The van der Waals surface area contributed by atoms with Crippen LogP contribution in [0.4, 0.5) is 5.69 Å². The van der Waals surface area contributed by atoms with Crippen molar-refractivity contribution in [1.82, 2.24) is 0 Å². The summed E-state index contributed by atoms with van der Waals surface area (Å²) in [5.41, 5.74) is 10.7. The number of nitrogens with two attached hydrogens (primary N) is 1. The van der Waals surface area contributed by atoms with Crippen LogP contribution in [0.3, 0.4) is 0 Å². The van der Waals surface area contributed by atoms with E-state index in [0.717, 1.165) is 11.3 Å². The fourth-order valence-corrected chi connectivity index (χ4v) is 2.75. The number of nitrogens with one attached hydrogen (secondary N) is 1. The smallest absolute Gasteiger partial charge is 0.193 e. The van der Waals surface area contributed by atoms with Crippen molar-refractivity contribution in [2.24, 2.45) is 5.73 Å². The van der Waals surface area contributed by atoms with E-state index in [0.29, 0.717) is 6.54 Å². The van der Waals surface area contributed by atoms with Crippen LogP contribution in [0.25, 0.3) is 0 Å². The van der Waals surface area contributed by atoms with Crippen LogP contribution < -0.4 is 10.6 Å². The second kappa shape index (κ2) is 6.91. The van der Waals surface area contributed by atoms with Gasteiger partial charge in [-0.05, 0) is 39.7 Å². The molecular formula is C22H31N3. The van der Waals surface area contributed by atoms with E-state index >= 15 is 0 Å². The molecule has 2 aromatic rings. The monoisotopic (exact) mass is 337 g/mol. The lowest BCUT2D eigenvalue weighted by molar-refractivity contribution is 0.590. The van der Waals surface area contributed by atoms with E-state index in [1.807, 2.05) is 17.0 Å². The van der Waals surface area contributed by atoms with E-state index in [1.54, 1.807) is 0 Å². The third kappa shape index (κ3) is 4.85. The standard InChI is InChI=1S/C22H31N3/c1-21(2,3)17-12-10-16(11-13-17)15-25(20(23)24)19-9-7-8-18(14-19)22(4,5)6/h7-14H,15H2,1-6H3,(H3,23,24). The van der Waals surface area contributed by atoms with Gasteiger partial charge in [-0.25, -0.2) is 0 Å². The first-order chi connectivity index (χ1) is 11.5. The first kappa shape index (κ1) is 19.0. The first-order valence-electron chi connectivity index (χ1n) is 8.80. The average molecular weight is 338 g/mol. The molecule has 3 heteroatoms. The summed E-state index contributed by atoms with van der Waals surface area (Å²) in [5.74, 6) is 0.0611. The predicted octanol–water partition coefficient (Wildman–Crippen LogP) is 5.18. The molecule has 0 aromatic heterocycles. The minimum absolute atomic E-state index is 0.0611. The first-order valence-corrected chi connectivity index (χ1v) is 8.80. The molecule has 0 amide bonds. The molecule has 25 heavy (non-hydrogen) atoms. The van der Waals surface area contributed by atoms with Gasteiger partial charge in [0.1, 0.15) is 0 Å². The highest BCUT2D eigenvalue weighted by Gasteiger charge is 2.18. The minimum atomic E-state index is 0.0611. The van der Waals surface area contributed by atoms with E-state index in [-0.39, 0.29) is 16.8 Å². The van der Waals surface area contributed by atoms with Crippen LogP contribution in [0.2, 0.25) is 0 Å². The molecule has 0 atom stereocenters. The molecule has 0 aliphatic rings. The highest BCUT2D eigenvalue weighted by molar-refractivity contribution is 5.92. The number of hydrogen-bond acceptors (Lipinski definition) is 1. The molecule has 3 N–H and O–H groups in total. The van der Waals surface area contributed by atoms with Gasteiger partial charge in [-0.3, -0.25) is 5.41 Å². The summed E-state index contributed by atoms with van der Waals surface area (Å²) in [4.78, 5) is 1.85. The van der Waals surface area contributed by atoms with Gasteiger partial charge in [0.25, 0.3) is 0 Å². The molecule has 3 nitrogen and oxygen atoms in total. The fraction of sp³-hybridized carbons (Fsp3) is 0.409. The lowest BCUT2D eigenvalue weighted by Gasteiger charge is -2.26. The van der Waals surface area contributed by atoms with Gasteiger partial charge in [0.2, 0.25) is 0 Å². The molecule has 2 aromatic carbocycles. The lowest BCUT2D eigenvalue weighted by atomic mass is 9.86. The molecule has 0 bridgehead atoms. The number of guanidine groups is 1. The second-order valence-corrected chi connectivity index (χ2v) is 8.72. The maximum absolute atomic E-state index is 8.01. The molecule has 134 valence electrons. The summed E-state index contributed by atoms with van der Waals surface area (Å²) in [6.07, 6.45) is 0. The Morgan fingerprint density at radius 1 is 0.880 bits per heavy atom. The summed E-state index contributed by atoms with van der Waals surface area (Å²) < 4.78 is 0. The third-order valence-corrected chi connectivity index (χ3v) is 4.48. The average Bonchev–Trinajstić information content (AvgIpc) is 2.51. The Morgan fingerprint density at radius 2 is 1.44 bits per heavy atom. The predicted molar refractivity (Wildman–Crippen MR) is 108 cm³/mol. The minimum Gasteiger partial charge on any atom is -0.370 e. The molecule has 0 radical (unpaired) electrons. The van der Waals surface area contributed by atoms with Crippen molar-refractivity contribution in [2.45, 2.75) is 58.9 Å². The topological polar surface area (TPSA) is 53.1 Å². The molecule has 0 fully saturated rings. The SMILES string of the molecule is CC(C)(C)c1ccc(CN(C(=N)N)c2cccc(C(C)(C)C)c2)cc1. The van der Waals surface area contributed by atoms with Crippen molar-refractivity contribution >= 4 is 11.6 Å². The van der Waals surface area contributed by atoms with Crippen LogP contribution in [-0.4, -0.2) is 5.96 Å². The summed E-state index contributed by atoms with van der Waals surface area (Å²) in [5, 5.41) is 8.01. The van der Waals surface area contributed by atoms with Crippen molar-refractivity contribution in [3.8, 4) is 0 Å². The van der Waals surface area contributed by atoms with E-state index in [4.69, 9.17) is 11.1 Å². The zero-order valence-electron chi connectivity index (χ0n) is 16.4. The van der Waals surface area contributed by atoms with Crippen molar-refractivity contribution in [3.63, 3.8) is 0 Å². The maximum Gasteiger partial charge on any atom is 0.193 e. The van der Waals surface area contributed by atoms with Crippen LogP contribution in [0.5, 0.6) is 0 Å². The zero-order chi connectivity index (χ0) is 18.8. The van der Waals surface area contributed by atoms with Gasteiger partial charge < -0.3 is 10.6 Å². The molecule has 2 rings (SSSR count). The lowest BCUT2D eigenvalue weighted by Crippen LogP contribution is -2.36. The Balaban J connectivity index is 2.29. The van der Waals surface area contributed by atoms with Crippen molar-refractivity contribution in [3.05, 3.63) is 65.2 Å². The van der Waals surface area contributed by atoms with Gasteiger partial charge in [-0.1, -0.05) is 77.9 Å². The summed E-state index contributed by atoms with van der Waals surface area (Å²) in [6, 6.07) is 16.9. The number of anilines is 1. The Bertz CT molecular complexity index is 731. The van der Waals surface area contributed by atoms with Crippen LogP contribution in [0.1, 0.15) is 58.2 Å². The molecular weight excluding hydrogens is 306 g/mol. The van der Waals surface area contributed by atoms with E-state index in [9.17, 15) is 0 Å². The van der Waals surface area contributed by atoms with E-state index in [1.165, 1.54) is 11.1 Å². The van der Waals surface area contributed by atoms with Crippen molar-refractivity contribution in [2.75, 3.05) is 4.90 Å². The van der Waals surface area contributed by atoms with Crippen molar-refractivity contribution < 1.29 is 0 Å². The molecule has 0 unspecified atom stereocenters. The quantitative estimate of drug-likeness (QED) is 0.599. The summed E-state index contributed by atoms with van der Waals surface area (Å²) in [7, 11) is 0. The van der Waals surface area contributed by atoms with Gasteiger partial charge in [-0.15, -0.1) is 0 Å². The Hall–Kier alpha value is -2.29. The molecule has 0 aliphatic heterocycles. The molecule has 0 spiro atoms. The van der Waals surface area contributed by atoms with Crippen LogP contribution in [0, 0.1) is 5.41 Å². The van der Waals surface area contributed by atoms with Gasteiger partial charge in [0.05, 0.1) is 6.54 Å². The van der Waals surface area contributed by atoms with Gasteiger partial charge in [0, 0.05) is 5.69 Å². The van der Waals surface area contributed by atoms with Gasteiger partial charge in [-0.2, -0.15) is 0 Å².